The Balaban J connectivity index is 2.71. The summed E-state index contributed by atoms with van der Waals surface area (Å²) in [5.74, 6) is -23.1. The topological polar surface area (TPSA) is 32.8 Å². The smallest absolute Gasteiger partial charge is 0.330 e. The second-order valence-electron chi connectivity index (χ2n) is 7.03. The predicted molar refractivity (Wildman–Crippen MR) is 84.5 cm³/mol. The molecule has 0 saturated carbocycles. The van der Waals surface area contributed by atoms with E-state index >= 15 is 0 Å². The Bertz CT molecular complexity index is 568. The second-order valence-corrected chi connectivity index (χ2v) is 7.03. The normalized spacial score (nSPS) is 17.5. The fraction of sp³-hybridized carbons (Fsp3) is 0.938. The number of halogens is 10. The molecule has 1 rings (SSSR count). The fourth-order valence-corrected chi connectivity index (χ4v) is 2.60. The van der Waals surface area contributed by atoms with Gasteiger partial charge in [-0.25, -0.2) is 17.6 Å². The number of rotatable bonds is 11. The molecule has 0 N–H and O–H groups in total. The highest BCUT2D eigenvalue weighted by atomic mass is 19.3. The zero-order valence-corrected chi connectivity index (χ0v) is 15.9. The summed E-state index contributed by atoms with van der Waals surface area (Å²) in [6.45, 7) is 1.45. The number of likely N-dealkylation sites (N-methyl/N-ethyl adjacent to an activating group) is 1. The lowest BCUT2D eigenvalue weighted by Gasteiger charge is -2.32. The van der Waals surface area contributed by atoms with E-state index in [1.165, 1.54) is 0 Å². The van der Waals surface area contributed by atoms with Crippen molar-refractivity contribution in [2.45, 2.75) is 49.4 Å². The number of alkyl halides is 10. The van der Waals surface area contributed by atoms with Gasteiger partial charge in [0, 0.05) is 46.1 Å². The SMILES string of the molecule is CN(CCN1CCOCC1)C(=O)C(F)(F)CC(F)(F)C(F)(F)CCC(F)(F)C(F)F. The predicted octanol–water partition coefficient (Wildman–Crippen LogP) is 3.75. The highest BCUT2D eigenvalue weighted by Crippen LogP contribution is 2.46. The molecule has 0 bridgehead atoms. The van der Waals surface area contributed by atoms with Gasteiger partial charge in [-0.1, -0.05) is 0 Å². The van der Waals surface area contributed by atoms with Crippen LogP contribution in [0.25, 0.3) is 0 Å². The number of hydrogen-bond donors (Lipinski definition) is 0. The largest absolute Gasteiger partial charge is 0.379 e. The van der Waals surface area contributed by atoms with E-state index in [0.717, 1.165) is 7.05 Å². The Morgan fingerprint density at radius 3 is 2.00 bits per heavy atom. The van der Waals surface area contributed by atoms with Crippen LogP contribution in [0.2, 0.25) is 0 Å². The molecule has 0 spiro atoms. The maximum Gasteiger partial charge on any atom is 0.330 e. The summed E-state index contributed by atoms with van der Waals surface area (Å²) in [6.07, 6.45) is -12.1. The van der Waals surface area contributed by atoms with Gasteiger partial charge in [-0.15, -0.1) is 0 Å². The number of amides is 1. The molecule has 0 unspecified atom stereocenters. The average Bonchev–Trinajstić information content (AvgIpc) is 2.63. The first kappa shape index (κ1) is 26.7. The van der Waals surface area contributed by atoms with Crippen molar-refractivity contribution in [3.05, 3.63) is 0 Å². The Morgan fingerprint density at radius 2 is 1.50 bits per heavy atom. The molecular weight excluding hydrogens is 442 g/mol. The first-order valence-electron chi connectivity index (χ1n) is 8.87. The number of ether oxygens (including phenoxy) is 1. The van der Waals surface area contributed by atoms with Gasteiger partial charge in [0.05, 0.1) is 19.6 Å². The van der Waals surface area contributed by atoms with Gasteiger partial charge in [0.1, 0.15) is 0 Å². The van der Waals surface area contributed by atoms with Gasteiger partial charge in [-0.05, 0) is 0 Å². The number of hydrogen-bond acceptors (Lipinski definition) is 3. The molecule has 1 amide bonds. The van der Waals surface area contributed by atoms with E-state index in [1.54, 1.807) is 4.90 Å². The van der Waals surface area contributed by atoms with Crippen LogP contribution in [0.5, 0.6) is 0 Å². The van der Waals surface area contributed by atoms with Crippen molar-refractivity contribution in [3.8, 4) is 0 Å². The number of morpholine rings is 1. The molecule has 178 valence electrons. The molecule has 1 heterocycles. The van der Waals surface area contributed by atoms with E-state index in [9.17, 15) is 48.7 Å². The van der Waals surface area contributed by atoms with Crippen LogP contribution in [-0.2, 0) is 9.53 Å². The van der Waals surface area contributed by atoms with Crippen molar-refractivity contribution in [2.24, 2.45) is 0 Å². The molecule has 1 saturated heterocycles. The van der Waals surface area contributed by atoms with Gasteiger partial charge in [-0.2, -0.15) is 26.3 Å². The quantitative estimate of drug-likeness (QED) is 0.437. The van der Waals surface area contributed by atoms with Gasteiger partial charge in [0.25, 0.3) is 5.91 Å². The zero-order valence-electron chi connectivity index (χ0n) is 15.9. The van der Waals surface area contributed by atoms with Gasteiger partial charge < -0.3 is 9.64 Å². The summed E-state index contributed by atoms with van der Waals surface area (Å²) in [5, 5.41) is 0. The Kier molecular flexibility index (Phi) is 8.80. The van der Waals surface area contributed by atoms with E-state index in [2.05, 4.69) is 0 Å². The summed E-state index contributed by atoms with van der Waals surface area (Å²) in [4.78, 5) is 13.9. The molecule has 0 radical (unpaired) electrons. The molecule has 0 atom stereocenters. The van der Waals surface area contributed by atoms with Crippen molar-refractivity contribution < 1.29 is 53.4 Å². The molecule has 30 heavy (non-hydrogen) atoms. The lowest BCUT2D eigenvalue weighted by Crippen LogP contribution is -2.51. The minimum atomic E-state index is -5.59. The van der Waals surface area contributed by atoms with Crippen molar-refractivity contribution >= 4 is 5.91 Å². The summed E-state index contributed by atoms with van der Waals surface area (Å²) in [7, 11) is 0.871. The maximum atomic E-state index is 14.0. The van der Waals surface area contributed by atoms with E-state index in [0.29, 0.717) is 31.2 Å². The Hall–Kier alpha value is -1.31. The summed E-state index contributed by atoms with van der Waals surface area (Å²) >= 11 is 0. The third-order valence-electron chi connectivity index (χ3n) is 4.59. The molecule has 0 aromatic carbocycles. The van der Waals surface area contributed by atoms with Crippen molar-refractivity contribution in [2.75, 3.05) is 46.4 Å². The maximum absolute atomic E-state index is 14.0. The molecule has 4 nitrogen and oxygen atoms in total. The molecule has 1 fully saturated rings. The van der Waals surface area contributed by atoms with Crippen molar-refractivity contribution in [1.29, 1.82) is 0 Å². The van der Waals surface area contributed by atoms with Crippen LogP contribution < -0.4 is 0 Å². The minimum Gasteiger partial charge on any atom is -0.379 e. The van der Waals surface area contributed by atoms with Crippen LogP contribution in [0.3, 0.4) is 0 Å². The highest BCUT2D eigenvalue weighted by molar-refractivity contribution is 5.83. The Morgan fingerprint density at radius 1 is 0.967 bits per heavy atom. The first-order valence-corrected chi connectivity index (χ1v) is 8.87. The first-order chi connectivity index (χ1) is 13.5. The van der Waals surface area contributed by atoms with Crippen molar-refractivity contribution in [1.82, 2.24) is 9.80 Å². The molecule has 0 aromatic rings. The number of nitrogens with zero attached hydrogens (tertiary/aromatic N) is 2. The van der Waals surface area contributed by atoms with Crippen molar-refractivity contribution in [3.63, 3.8) is 0 Å². The van der Waals surface area contributed by atoms with E-state index in [4.69, 9.17) is 4.74 Å². The van der Waals surface area contributed by atoms with Crippen LogP contribution in [0, 0.1) is 0 Å². The minimum absolute atomic E-state index is 0.108. The highest BCUT2D eigenvalue weighted by Gasteiger charge is 2.63. The molecule has 1 aliphatic rings. The van der Waals surface area contributed by atoms with Crippen LogP contribution in [-0.4, -0.2) is 92.3 Å². The number of carbonyl (C=O) groups is 1. The van der Waals surface area contributed by atoms with Crippen LogP contribution in [0.1, 0.15) is 19.3 Å². The summed E-state index contributed by atoms with van der Waals surface area (Å²) in [5.41, 5.74) is 0. The average molecular weight is 464 g/mol. The van der Waals surface area contributed by atoms with Gasteiger partial charge >= 0.3 is 30.1 Å². The Labute approximate surface area is 166 Å². The standard InChI is InChI=1S/C16H22F10N2O2/c1-27(4-5-28-6-8-30-9-7-28)12(29)14(21,22)10-16(25,26)15(23,24)3-2-13(19,20)11(17)18/h11H,2-10H2,1H3. The monoisotopic (exact) mass is 464 g/mol. The molecule has 1 aliphatic heterocycles. The number of carbonyl (C=O) groups excluding carboxylic acids is 1. The van der Waals surface area contributed by atoms with Crippen LogP contribution in [0.4, 0.5) is 43.9 Å². The third kappa shape index (κ3) is 7.13. The van der Waals surface area contributed by atoms with Crippen LogP contribution >= 0.6 is 0 Å². The zero-order chi connectivity index (χ0) is 23.4. The van der Waals surface area contributed by atoms with E-state index in [-0.39, 0.29) is 13.1 Å². The molecule has 0 aromatic heterocycles. The lowest BCUT2D eigenvalue weighted by atomic mass is 9.97. The van der Waals surface area contributed by atoms with Gasteiger partial charge in [-0.3, -0.25) is 9.69 Å². The van der Waals surface area contributed by atoms with E-state index < -0.39 is 55.3 Å². The summed E-state index contributed by atoms with van der Waals surface area (Å²) in [6, 6.07) is 0. The van der Waals surface area contributed by atoms with E-state index in [1.807, 2.05) is 0 Å². The van der Waals surface area contributed by atoms with Gasteiger partial charge in [0.2, 0.25) is 0 Å². The summed E-state index contributed by atoms with van der Waals surface area (Å²) < 4.78 is 137. The van der Waals surface area contributed by atoms with Crippen LogP contribution in [0.15, 0.2) is 0 Å². The molecule has 0 aliphatic carbocycles. The third-order valence-corrected chi connectivity index (χ3v) is 4.59. The molecule has 14 heteroatoms. The van der Waals surface area contributed by atoms with Gasteiger partial charge in [0.15, 0.2) is 0 Å². The lowest BCUT2D eigenvalue weighted by molar-refractivity contribution is -0.248. The fourth-order valence-electron chi connectivity index (χ4n) is 2.60. The molecular formula is C16H22F10N2O2. The second kappa shape index (κ2) is 9.88.